The van der Waals surface area contributed by atoms with Crippen LogP contribution >= 0.6 is 11.6 Å². The van der Waals surface area contributed by atoms with E-state index < -0.39 is 0 Å². The first-order valence-corrected chi connectivity index (χ1v) is 5.66. The van der Waals surface area contributed by atoms with Crippen molar-refractivity contribution in [3.8, 4) is 6.08 Å². The van der Waals surface area contributed by atoms with E-state index in [1.807, 2.05) is 0 Å². The minimum Gasteiger partial charge on any atom is -0.447 e. The predicted octanol–water partition coefficient (Wildman–Crippen LogP) is 2.36. The van der Waals surface area contributed by atoms with Crippen molar-refractivity contribution in [1.82, 2.24) is 4.98 Å². The molecule has 2 rings (SSSR count). The molecule has 15 heavy (non-hydrogen) atoms. The van der Waals surface area contributed by atoms with E-state index in [1.54, 1.807) is 0 Å². The first-order chi connectivity index (χ1) is 7.38. The molecule has 0 N–H and O–H groups in total. The monoisotopic (exact) mass is 231 g/mol. The van der Waals surface area contributed by atoms with Gasteiger partial charge in [-0.3, -0.25) is 0 Å². The molecule has 1 fully saturated rings. The first kappa shape index (κ1) is 10.8. The van der Waals surface area contributed by atoms with Gasteiger partial charge in [0.25, 0.3) is 0 Å². The summed E-state index contributed by atoms with van der Waals surface area (Å²) in [5.41, 5.74) is 0.691. The molecule has 4 nitrogen and oxygen atoms in total. The lowest BCUT2D eigenvalue weighted by molar-refractivity contribution is -0.0167. The Morgan fingerprint density at radius 1 is 1.53 bits per heavy atom. The first-order valence-electron chi connectivity index (χ1n) is 5.13. The summed E-state index contributed by atoms with van der Waals surface area (Å²) in [5.74, 6) is 0.340. The van der Waals surface area contributed by atoms with E-state index in [9.17, 15) is 0 Å². The smallest absolute Gasteiger partial charge is 0.393 e. The van der Waals surface area contributed by atoms with Gasteiger partial charge in [0.15, 0.2) is 0 Å². The number of hydrogen-bond donors (Lipinski definition) is 0. The fourth-order valence-electron chi connectivity index (χ4n) is 1.52. The highest BCUT2D eigenvalue weighted by Gasteiger charge is 2.15. The number of ether oxygens (including phenoxy) is 2. The number of rotatable bonds is 4. The number of oxazole rings is 1. The Morgan fingerprint density at radius 3 is 3.13 bits per heavy atom. The Labute approximate surface area is 93.5 Å². The largest absolute Gasteiger partial charge is 0.447 e. The van der Waals surface area contributed by atoms with Crippen LogP contribution in [0.1, 0.15) is 25.0 Å². The molecule has 1 aliphatic rings. The van der Waals surface area contributed by atoms with Crippen LogP contribution < -0.4 is 4.74 Å². The van der Waals surface area contributed by atoms with Crippen LogP contribution in [0.15, 0.2) is 10.7 Å². The van der Waals surface area contributed by atoms with Gasteiger partial charge in [-0.1, -0.05) is 0 Å². The van der Waals surface area contributed by atoms with Gasteiger partial charge < -0.3 is 13.9 Å². The molecule has 1 unspecified atom stereocenters. The molecule has 1 aromatic heterocycles. The van der Waals surface area contributed by atoms with Crippen molar-refractivity contribution >= 4 is 11.6 Å². The van der Waals surface area contributed by atoms with E-state index >= 15 is 0 Å². The van der Waals surface area contributed by atoms with Crippen LogP contribution in [-0.2, 0) is 10.6 Å². The molecule has 0 radical (unpaired) electrons. The third-order valence-corrected chi connectivity index (χ3v) is 2.61. The molecule has 5 heteroatoms. The lowest BCUT2D eigenvalue weighted by Gasteiger charge is -2.21. The zero-order valence-electron chi connectivity index (χ0n) is 8.45. The lowest BCUT2D eigenvalue weighted by atomic mass is 10.1. The van der Waals surface area contributed by atoms with Crippen molar-refractivity contribution in [2.24, 2.45) is 0 Å². The van der Waals surface area contributed by atoms with E-state index in [0.29, 0.717) is 18.2 Å². The summed E-state index contributed by atoms with van der Waals surface area (Å²) in [6.07, 6.45) is 5.34. The van der Waals surface area contributed by atoms with Crippen LogP contribution in [-0.4, -0.2) is 24.3 Å². The molecule has 1 aromatic rings. The minimum absolute atomic E-state index is 0.171. The molecule has 84 valence electrons. The highest BCUT2D eigenvalue weighted by Crippen LogP contribution is 2.16. The standard InChI is InChI=1S/C10H14ClNO3/c11-5-8-6-14-10(12-8)15-7-9-3-1-2-4-13-9/h6,9H,1-5,7H2. The summed E-state index contributed by atoms with van der Waals surface area (Å²) in [7, 11) is 0. The second-order valence-corrected chi connectivity index (χ2v) is 3.81. The van der Waals surface area contributed by atoms with Crippen molar-refractivity contribution in [2.45, 2.75) is 31.2 Å². The van der Waals surface area contributed by atoms with Crippen LogP contribution in [0.5, 0.6) is 6.08 Å². The number of alkyl halides is 1. The molecule has 1 atom stereocenters. The van der Waals surface area contributed by atoms with Crippen molar-refractivity contribution in [2.75, 3.05) is 13.2 Å². The average Bonchev–Trinajstić information content (AvgIpc) is 2.76. The third kappa shape index (κ3) is 3.11. The van der Waals surface area contributed by atoms with Crippen LogP contribution in [0.25, 0.3) is 0 Å². The molecular formula is C10H14ClNO3. The van der Waals surface area contributed by atoms with Crippen molar-refractivity contribution < 1.29 is 13.9 Å². The molecule has 2 heterocycles. The number of nitrogens with zero attached hydrogens (tertiary/aromatic N) is 1. The van der Waals surface area contributed by atoms with Crippen molar-refractivity contribution in [1.29, 1.82) is 0 Å². The van der Waals surface area contributed by atoms with E-state index in [2.05, 4.69) is 4.98 Å². The summed E-state index contributed by atoms with van der Waals surface area (Å²) < 4.78 is 16.0. The summed E-state index contributed by atoms with van der Waals surface area (Å²) in [6.45, 7) is 1.33. The maximum atomic E-state index is 5.59. The highest BCUT2D eigenvalue weighted by molar-refractivity contribution is 6.16. The van der Waals surface area contributed by atoms with Gasteiger partial charge >= 0.3 is 6.08 Å². The molecule has 0 aliphatic carbocycles. The van der Waals surface area contributed by atoms with Gasteiger partial charge in [0, 0.05) is 6.61 Å². The van der Waals surface area contributed by atoms with Gasteiger partial charge in [-0.25, -0.2) is 0 Å². The Bertz CT molecular complexity index is 297. The summed E-state index contributed by atoms with van der Waals surface area (Å²) in [4.78, 5) is 4.04. The van der Waals surface area contributed by atoms with Gasteiger partial charge in [-0.2, -0.15) is 4.98 Å². The maximum absolute atomic E-state index is 5.59. The van der Waals surface area contributed by atoms with E-state index in [4.69, 9.17) is 25.5 Å². The van der Waals surface area contributed by atoms with Gasteiger partial charge in [-0.15, -0.1) is 11.6 Å². The lowest BCUT2D eigenvalue weighted by Crippen LogP contribution is -2.25. The number of hydrogen-bond acceptors (Lipinski definition) is 4. The number of halogens is 1. The van der Waals surface area contributed by atoms with E-state index in [0.717, 1.165) is 19.4 Å². The third-order valence-electron chi connectivity index (χ3n) is 2.33. The molecule has 1 saturated heterocycles. The van der Waals surface area contributed by atoms with Gasteiger partial charge in [0.1, 0.15) is 12.9 Å². The second-order valence-electron chi connectivity index (χ2n) is 3.54. The molecule has 0 amide bonds. The molecule has 0 spiro atoms. The van der Waals surface area contributed by atoms with Gasteiger partial charge in [0.2, 0.25) is 0 Å². The quantitative estimate of drug-likeness (QED) is 0.747. The number of aromatic nitrogens is 1. The Kier molecular flexibility index (Phi) is 3.86. The molecular weight excluding hydrogens is 218 g/mol. The highest BCUT2D eigenvalue weighted by atomic mass is 35.5. The fraction of sp³-hybridized carbons (Fsp3) is 0.700. The van der Waals surface area contributed by atoms with Crippen LogP contribution in [0.2, 0.25) is 0 Å². The topological polar surface area (TPSA) is 44.5 Å². The van der Waals surface area contributed by atoms with Crippen molar-refractivity contribution in [3.05, 3.63) is 12.0 Å². The van der Waals surface area contributed by atoms with Crippen LogP contribution in [0.4, 0.5) is 0 Å². The SMILES string of the molecule is ClCc1coc(OCC2CCCCO2)n1. The van der Waals surface area contributed by atoms with Crippen LogP contribution in [0, 0.1) is 0 Å². The zero-order chi connectivity index (χ0) is 10.5. The molecule has 0 bridgehead atoms. The fourth-order valence-corrected chi connectivity index (χ4v) is 1.64. The van der Waals surface area contributed by atoms with E-state index in [1.165, 1.54) is 12.7 Å². The zero-order valence-corrected chi connectivity index (χ0v) is 9.20. The summed E-state index contributed by atoms with van der Waals surface area (Å²) >= 11 is 5.59. The van der Waals surface area contributed by atoms with Crippen LogP contribution in [0.3, 0.4) is 0 Å². The predicted molar refractivity (Wildman–Crippen MR) is 55.1 cm³/mol. The van der Waals surface area contributed by atoms with E-state index in [-0.39, 0.29) is 12.2 Å². The molecule has 0 saturated carbocycles. The minimum atomic E-state index is 0.171. The van der Waals surface area contributed by atoms with Crippen molar-refractivity contribution in [3.63, 3.8) is 0 Å². The van der Waals surface area contributed by atoms with Gasteiger partial charge in [-0.05, 0) is 19.3 Å². The Hall–Kier alpha value is -0.740. The summed E-state index contributed by atoms with van der Waals surface area (Å²) in [6, 6.07) is 0. The van der Waals surface area contributed by atoms with Gasteiger partial charge in [0.05, 0.1) is 17.7 Å². The average molecular weight is 232 g/mol. The molecule has 0 aromatic carbocycles. The maximum Gasteiger partial charge on any atom is 0.393 e. The molecule has 1 aliphatic heterocycles. The second kappa shape index (κ2) is 5.37. The summed E-state index contributed by atoms with van der Waals surface area (Å²) in [5, 5.41) is 0. The Morgan fingerprint density at radius 2 is 2.47 bits per heavy atom. The normalized spacial score (nSPS) is 21.5. The Balaban J connectivity index is 1.76.